The highest BCUT2D eigenvalue weighted by Gasteiger charge is 2.01. The average molecular weight is 243 g/mol. The SMILES string of the molecule is CC(C)Oc1ccc(CNS(C)(=O)=O)cc1. The molecule has 1 rings (SSSR count). The second-order valence-electron chi connectivity index (χ2n) is 3.90. The van der Waals surface area contributed by atoms with Gasteiger partial charge in [-0.1, -0.05) is 12.1 Å². The fourth-order valence-electron chi connectivity index (χ4n) is 1.17. The number of nitrogens with one attached hydrogen (secondary N) is 1. The van der Waals surface area contributed by atoms with E-state index >= 15 is 0 Å². The molecule has 0 aliphatic rings. The van der Waals surface area contributed by atoms with Crippen LogP contribution in [-0.2, 0) is 16.6 Å². The van der Waals surface area contributed by atoms with Gasteiger partial charge in [0, 0.05) is 6.54 Å². The van der Waals surface area contributed by atoms with Crippen LogP contribution in [0.25, 0.3) is 0 Å². The molecular formula is C11H17NO3S. The van der Waals surface area contributed by atoms with E-state index in [0.29, 0.717) is 6.54 Å². The minimum Gasteiger partial charge on any atom is -0.491 e. The standard InChI is InChI=1S/C11H17NO3S/c1-9(2)15-11-6-4-10(5-7-11)8-12-16(3,13)14/h4-7,9,12H,8H2,1-3H3. The maximum absolute atomic E-state index is 10.9. The number of ether oxygens (including phenoxy) is 1. The molecule has 90 valence electrons. The van der Waals surface area contributed by atoms with Gasteiger partial charge >= 0.3 is 0 Å². The molecule has 1 N–H and O–H groups in total. The van der Waals surface area contributed by atoms with Gasteiger partial charge in [-0.3, -0.25) is 0 Å². The second kappa shape index (κ2) is 5.32. The van der Waals surface area contributed by atoms with Crippen LogP contribution in [-0.4, -0.2) is 20.8 Å². The predicted molar refractivity (Wildman–Crippen MR) is 63.9 cm³/mol. The highest BCUT2D eigenvalue weighted by molar-refractivity contribution is 7.88. The Hall–Kier alpha value is -1.07. The van der Waals surface area contributed by atoms with Gasteiger partial charge in [-0.15, -0.1) is 0 Å². The summed E-state index contributed by atoms with van der Waals surface area (Å²) in [7, 11) is -3.13. The lowest BCUT2D eigenvalue weighted by Crippen LogP contribution is -2.21. The Balaban J connectivity index is 2.58. The van der Waals surface area contributed by atoms with Crippen LogP contribution in [0.1, 0.15) is 19.4 Å². The molecule has 0 aliphatic heterocycles. The van der Waals surface area contributed by atoms with Crippen molar-refractivity contribution in [1.29, 1.82) is 0 Å². The third-order valence-corrected chi connectivity index (χ3v) is 2.50. The summed E-state index contributed by atoms with van der Waals surface area (Å²) in [6.45, 7) is 4.22. The van der Waals surface area contributed by atoms with Crippen molar-refractivity contribution in [2.45, 2.75) is 26.5 Å². The lowest BCUT2D eigenvalue weighted by Gasteiger charge is -2.10. The molecule has 1 aromatic rings. The highest BCUT2D eigenvalue weighted by Crippen LogP contribution is 2.13. The van der Waals surface area contributed by atoms with Crippen LogP contribution in [0.4, 0.5) is 0 Å². The molecule has 16 heavy (non-hydrogen) atoms. The second-order valence-corrected chi connectivity index (χ2v) is 5.74. The number of hydrogen-bond acceptors (Lipinski definition) is 3. The first-order valence-corrected chi connectivity index (χ1v) is 6.96. The van der Waals surface area contributed by atoms with Gasteiger partial charge in [0.05, 0.1) is 12.4 Å². The first kappa shape index (κ1) is 13.0. The smallest absolute Gasteiger partial charge is 0.209 e. The number of benzene rings is 1. The summed E-state index contributed by atoms with van der Waals surface area (Å²) in [5.41, 5.74) is 0.904. The number of rotatable bonds is 5. The van der Waals surface area contributed by atoms with Crippen LogP contribution < -0.4 is 9.46 Å². The predicted octanol–water partition coefficient (Wildman–Crippen LogP) is 1.52. The minimum absolute atomic E-state index is 0.139. The fraction of sp³-hybridized carbons (Fsp3) is 0.455. The molecule has 0 saturated heterocycles. The number of sulfonamides is 1. The maximum atomic E-state index is 10.9. The Kier molecular flexibility index (Phi) is 4.32. The van der Waals surface area contributed by atoms with Crippen molar-refractivity contribution < 1.29 is 13.2 Å². The molecule has 0 fully saturated rings. The van der Waals surface area contributed by atoms with Crippen molar-refractivity contribution in [1.82, 2.24) is 4.72 Å². The van der Waals surface area contributed by atoms with Crippen LogP contribution >= 0.6 is 0 Å². The minimum atomic E-state index is -3.13. The average Bonchev–Trinajstić information content (AvgIpc) is 2.14. The molecule has 0 atom stereocenters. The van der Waals surface area contributed by atoms with E-state index in [-0.39, 0.29) is 6.10 Å². The highest BCUT2D eigenvalue weighted by atomic mass is 32.2. The molecule has 0 amide bonds. The molecule has 0 unspecified atom stereocenters. The van der Waals surface area contributed by atoms with E-state index in [9.17, 15) is 8.42 Å². The third-order valence-electron chi connectivity index (χ3n) is 1.83. The van der Waals surface area contributed by atoms with E-state index < -0.39 is 10.0 Å². The van der Waals surface area contributed by atoms with Gasteiger partial charge in [-0.05, 0) is 31.5 Å². The summed E-state index contributed by atoms with van der Waals surface area (Å²) >= 11 is 0. The normalized spacial score (nSPS) is 11.8. The van der Waals surface area contributed by atoms with Gasteiger partial charge in [0.15, 0.2) is 0 Å². The van der Waals surface area contributed by atoms with Gasteiger partial charge in [-0.25, -0.2) is 13.1 Å². The van der Waals surface area contributed by atoms with Crippen LogP contribution in [0.3, 0.4) is 0 Å². The number of hydrogen-bond donors (Lipinski definition) is 1. The van der Waals surface area contributed by atoms with Crippen molar-refractivity contribution in [3.8, 4) is 5.75 Å². The summed E-state index contributed by atoms with van der Waals surface area (Å²) in [6, 6.07) is 7.35. The zero-order valence-electron chi connectivity index (χ0n) is 9.73. The van der Waals surface area contributed by atoms with E-state index in [2.05, 4.69) is 4.72 Å². The molecule has 1 aromatic carbocycles. The largest absolute Gasteiger partial charge is 0.491 e. The summed E-state index contributed by atoms with van der Waals surface area (Å²) in [5.74, 6) is 0.790. The molecule has 0 aliphatic carbocycles. The van der Waals surface area contributed by atoms with E-state index in [1.807, 2.05) is 38.1 Å². The molecule has 0 bridgehead atoms. The Morgan fingerprint density at radius 2 is 1.81 bits per heavy atom. The first-order valence-electron chi connectivity index (χ1n) is 5.07. The van der Waals surface area contributed by atoms with Crippen molar-refractivity contribution in [2.24, 2.45) is 0 Å². The van der Waals surface area contributed by atoms with Gasteiger partial charge in [0.1, 0.15) is 5.75 Å². The monoisotopic (exact) mass is 243 g/mol. The molecule has 5 heteroatoms. The van der Waals surface area contributed by atoms with Crippen LogP contribution in [0.5, 0.6) is 5.75 Å². The van der Waals surface area contributed by atoms with Crippen molar-refractivity contribution in [2.75, 3.05) is 6.26 Å². The summed E-state index contributed by atoms with van der Waals surface area (Å²) in [4.78, 5) is 0. The van der Waals surface area contributed by atoms with Crippen molar-refractivity contribution in [3.63, 3.8) is 0 Å². The molecule has 0 radical (unpaired) electrons. The zero-order chi connectivity index (χ0) is 12.2. The lowest BCUT2D eigenvalue weighted by atomic mass is 10.2. The molecule has 0 aromatic heterocycles. The van der Waals surface area contributed by atoms with Crippen molar-refractivity contribution >= 4 is 10.0 Å². The van der Waals surface area contributed by atoms with Gasteiger partial charge in [-0.2, -0.15) is 0 Å². The van der Waals surface area contributed by atoms with Gasteiger partial charge in [0.25, 0.3) is 0 Å². The van der Waals surface area contributed by atoms with E-state index in [0.717, 1.165) is 17.6 Å². The van der Waals surface area contributed by atoms with E-state index in [1.54, 1.807) is 0 Å². The van der Waals surface area contributed by atoms with Crippen LogP contribution in [0.15, 0.2) is 24.3 Å². The topological polar surface area (TPSA) is 55.4 Å². The molecule has 4 nitrogen and oxygen atoms in total. The van der Waals surface area contributed by atoms with E-state index in [4.69, 9.17) is 4.74 Å². The molecule has 0 saturated carbocycles. The molecular weight excluding hydrogens is 226 g/mol. The maximum Gasteiger partial charge on any atom is 0.209 e. The Labute approximate surface area is 96.7 Å². The Morgan fingerprint density at radius 1 is 1.25 bits per heavy atom. The molecule has 0 heterocycles. The molecule has 0 spiro atoms. The summed E-state index contributed by atoms with van der Waals surface area (Å²) < 4.78 is 29.7. The van der Waals surface area contributed by atoms with Crippen molar-refractivity contribution in [3.05, 3.63) is 29.8 Å². The van der Waals surface area contributed by atoms with Gasteiger partial charge < -0.3 is 4.74 Å². The summed E-state index contributed by atoms with van der Waals surface area (Å²) in [6.07, 6.45) is 1.28. The van der Waals surface area contributed by atoms with E-state index in [1.165, 1.54) is 0 Å². The summed E-state index contributed by atoms with van der Waals surface area (Å²) in [5, 5.41) is 0. The zero-order valence-corrected chi connectivity index (χ0v) is 10.5. The Morgan fingerprint density at radius 3 is 2.25 bits per heavy atom. The lowest BCUT2D eigenvalue weighted by molar-refractivity contribution is 0.242. The van der Waals surface area contributed by atoms with Crippen LogP contribution in [0.2, 0.25) is 0 Å². The first-order chi connectivity index (χ1) is 7.37. The fourth-order valence-corrected chi connectivity index (χ4v) is 1.60. The van der Waals surface area contributed by atoms with Crippen LogP contribution in [0, 0.1) is 0 Å². The quantitative estimate of drug-likeness (QED) is 0.853. The third kappa shape index (κ3) is 5.14. The van der Waals surface area contributed by atoms with Gasteiger partial charge in [0.2, 0.25) is 10.0 Å². The Bertz CT molecular complexity index is 423.